The van der Waals surface area contributed by atoms with Gasteiger partial charge >= 0.3 is 0 Å². The lowest BCUT2D eigenvalue weighted by Crippen LogP contribution is -2.40. The molecule has 1 aromatic heterocycles. The summed E-state index contributed by atoms with van der Waals surface area (Å²) in [5, 5.41) is 8.05. The number of carbonyl (C=O) groups is 1. The fraction of sp³-hybridized carbons (Fsp3) is 0.412. The Labute approximate surface area is 125 Å². The third-order valence-electron chi connectivity index (χ3n) is 4.51. The Morgan fingerprint density at radius 1 is 1.29 bits per heavy atom. The van der Waals surface area contributed by atoms with Gasteiger partial charge in [-0.15, -0.1) is 0 Å². The third kappa shape index (κ3) is 2.58. The fourth-order valence-electron chi connectivity index (χ4n) is 2.92. The molecule has 4 nitrogen and oxygen atoms in total. The number of benzene rings is 1. The summed E-state index contributed by atoms with van der Waals surface area (Å²) in [6, 6.07) is 7.86. The first-order chi connectivity index (χ1) is 10.1. The van der Waals surface area contributed by atoms with Gasteiger partial charge in [0.05, 0.1) is 5.56 Å². The van der Waals surface area contributed by atoms with Crippen molar-refractivity contribution in [2.24, 2.45) is 5.41 Å². The van der Waals surface area contributed by atoms with E-state index in [4.69, 9.17) is 0 Å². The highest BCUT2D eigenvalue weighted by Gasteiger charge is 2.32. The van der Waals surface area contributed by atoms with Crippen molar-refractivity contribution in [3.8, 4) is 0 Å². The van der Waals surface area contributed by atoms with Gasteiger partial charge in [0.2, 0.25) is 0 Å². The third-order valence-corrected chi connectivity index (χ3v) is 4.51. The quantitative estimate of drug-likeness (QED) is 0.906. The number of aromatic nitrogens is 1. The van der Waals surface area contributed by atoms with Crippen LogP contribution in [0.4, 0.5) is 5.82 Å². The Morgan fingerprint density at radius 3 is 2.62 bits per heavy atom. The van der Waals surface area contributed by atoms with Crippen LogP contribution >= 0.6 is 0 Å². The highest BCUT2D eigenvalue weighted by atomic mass is 16.1. The Kier molecular flexibility index (Phi) is 3.53. The molecule has 1 aromatic carbocycles. The van der Waals surface area contributed by atoms with E-state index in [-0.39, 0.29) is 11.3 Å². The maximum absolute atomic E-state index is 12.5. The van der Waals surface area contributed by atoms with Gasteiger partial charge in [0.25, 0.3) is 5.91 Å². The molecule has 1 aliphatic carbocycles. The zero-order chi connectivity index (χ0) is 14.9. The van der Waals surface area contributed by atoms with E-state index in [9.17, 15) is 4.79 Å². The lowest BCUT2D eigenvalue weighted by molar-refractivity contribution is 0.0892. The number of hydrogen-bond donors (Lipinski definition) is 2. The molecule has 0 unspecified atom stereocenters. The highest BCUT2D eigenvalue weighted by molar-refractivity contribution is 6.09. The van der Waals surface area contributed by atoms with Crippen LogP contribution in [0.15, 0.2) is 30.5 Å². The van der Waals surface area contributed by atoms with E-state index in [1.165, 1.54) is 19.3 Å². The summed E-state index contributed by atoms with van der Waals surface area (Å²) in [7, 11) is 1.84. The first kappa shape index (κ1) is 13.9. The van der Waals surface area contributed by atoms with Gasteiger partial charge in [-0.3, -0.25) is 4.79 Å². The van der Waals surface area contributed by atoms with Crippen LogP contribution in [0.5, 0.6) is 0 Å². The maximum Gasteiger partial charge on any atom is 0.253 e. The summed E-state index contributed by atoms with van der Waals surface area (Å²) in [5.41, 5.74) is 0.927. The molecule has 1 saturated carbocycles. The SMILES string of the molecule is CNc1ncc(C(=O)NCC2(C)CCC2)c2ccccc12. The number of nitrogens with zero attached hydrogens (tertiary/aromatic N) is 1. The highest BCUT2D eigenvalue weighted by Crippen LogP contribution is 2.39. The average Bonchev–Trinajstić information content (AvgIpc) is 2.49. The van der Waals surface area contributed by atoms with Gasteiger partial charge in [0.1, 0.15) is 5.82 Å². The number of nitrogens with one attached hydrogen (secondary N) is 2. The topological polar surface area (TPSA) is 54.0 Å². The number of pyridine rings is 1. The number of hydrogen-bond acceptors (Lipinski definition) is 3. The van der Waals surface area contributed by atoms with Crippen molar-refractivity contribution in [3.63, 3.8) is 0 Å². The summed E-state index contributed by atoms with van der Waals surface area (Å²) in [6.07, 6.45) is 5.33. The summed E-state index contributed by atoms with van der Waals surface area (Å²) >= 11 is 0. The second-order valence-corrected chi connectivity index (χ2v) is 6.16. The van der Waals surface area contributed by atoms with Gasteiger partial charge in [0, 0.05) is 25.2 Å². The van der Waals surface area contributed by atoms with Gasteiger partial charge < -0.3 is 10.6 Å². The van der Waals surface area contributed by atoms with Gasteiger partial charge in [-0.25, -0.2) is 4.98 Å². The van der Waals surface area contributed by atoms with E-state index in [0.717, 1.165) is 23.1 Å². The zero-order valence-corrected chi connectivity index (χ0v) is 12.6. The molecule has 1 fully saturated rings. The lowest BCUT2D eigenvalue weighted by atomic mass is 9.70. The van der Waals surface area contributed by atoms with Gasteiger partial charge in [0.15, 0.2) is 0 Å². The van der Waals surface area contributed by atoms with Crippen LogP contribution in [0.25, 0.3) is 10.8 Å². The number of amides is 1. The van der Waals surface area contributed by atoms with Crippen LogP contribution in [-0.4, -0.2) is 24.5 Å². The van der Waals surface area contributed by atoms with Crippen molar-refractivity contribution in [2.75, 3.05) is 18.9 Å². The summed E-state index contributed by atoms with van der Waals surface area (Å²) < 4.78 is 0. The zero-order valence-electron chi connectivity index (χ0n) is 12.6. The van der Waals surface area contributed by atoms with Crippen molar-refractivity contribution in [1.29, 1.82) is 0 Å². The Bertz CT molecular complexity index is 677. The van der Waals surface area contributed by atoms with Crippen LogP contribution in [-0.2, 0) is 0 Å². The molecular weight excluding hydrogens is 262 g/mol. The average molecular weight is 283 g/mol. The van der Waals surface area contributed by atoms with E-state index in [2.05, 4.69) is 22.5 Å². The van der Waals surface area contributed by atoms with Crippen molar-refractivity contribution in [1.82, 2.24) is 10.3 Å². The molecule has 110 valence electrons. The molecule has 0 atom stereocenters. The smallest absolute Gasteiger partial charge is 0.253 e. The van der Waals surface area contributed by atoms with Crippen molar-refractivity contribution in [2.45, 2.75) is 26.2 Å². The largest absolute Gasteiger partial charge is 0.373 e. The monoisotopic (exact) mass is 283 g/mol. The number of rotatable bonds is 4. The van der Waals surface area contributed by atoms with E-state index in [0.29, 0.717) is 5.56 Å². The second-order valence-electron chi connectivity index (χ2n) is 6.16. The van der Waals surface area contributed by atoms with Gasteiger partial charge in [-0.2, -0.15) is 0 Å². The molecule has 0 saturated heterocycles. The van der Waals surface area contributed by atoms with E-state index in [1.54, 1.807) is 6.20 Å². The molecule has 0 aliphatic heterocycles. The van der Waals surface area contributed by atoms with Crippen LogP contribution < -0.4 is 10.6 Å². The Hall–Kier alpha value is -2.10. The van der Waals surface area contributed by atoms with Crippen LogP contribution in [0.1, 0.15) is 36.5 Å². The van der Waals surface area contributed by atoms with Crippen LogP contribution in [0.3, 0.4) is 0 Å². The lowest BCUT2D eigenvalue weighted by Gasteiger charge is -2.38. The Morgan fingerprint density at radius 2 is 2.00 bits per heavy atom. The number of anilines is 1. The first-order valence-electron chi connectivity index (χ1n) is 7.47. The molecule has 21 heavy (non-hydrogen) atoms. The Balaban J connectivity index is 1.87. The molecule has 1 amide bonds. The van der Waals surface area contributed by atoms with Crippen LogP contribution in [0, 0.1) is 5.41 Å². The van der Waals surface area contributed by atoms with Crippen molar-refractivity contribution < 1.29 is 4.79 Å². The van der Waals surface area contributed by atoms with E-state index in [1.807, 2.05) is 31.3 Å². The molecule has 0 radical (unpaired) electrons. The molecule has 1 heterocycles. The minimum atomic E-state index is -0.0329. The van der Waals surface area contributed by atoms with E-state index < -0.39 is 0 Å². The fourth-order valence-corrected chi connectivity index (χ4v) is 2.92. The molecule has 1 aliphatic rings. The van der Waals surface area contributed by atoms with Crippen molar-refractivity contribution in [3.05, 3.63) is 36.0 Å². The standard InChI is InChI=1S/C17H21N3O/c1-17(8-5-9-17)11-20-16(21)14-10-19-15(18-2)13-7-4-3-6-12(13)14/h3-4,6-7,10H,5,8-9,11H2,1-2H3,(H,18,19)(H,20,21). The maximum atomic E-state index is 12.5. The molecular formula is C17H21N3O. The minimum Gasteiger partial charge on any atom is -0.373 e. The number of fused-ring (bicyclic) bond motifs is 1. The molecule has 0 bridgehead atoms. The van der Waals surface area contributed by atoms with Gasteiger partial charge in [-0.1, -0.05) is 37.6 Å². The first-order valence-corrected chi connectivity index (χ1v) is 7.47. The van der Waals surface area contributed by atoms with Gasteiger partial charge in [-0.05, 0) is 23.6 Å². The molecule has 0 spiro atoms. The predicted molar refractivity (Wildman–Crippen MR) is 85.6 cm³/mol. The molecule has 3 rings (SSSR count). The second kappa shape index (κ2) is 5.35. The minimum absolute atomic E-state index is 0.0329. The van der Waals surface area contributed by atoms with E-state index >= 15 is 0 Å². The molecule has 2 aromatic rings. The molecule has 4 heteroatoms. The van der Waals surface area contributed by atoms with Crippen molar-refractivity contribution >= 4 is 22.5 Å². The summed E-state index contributed by atoms with van der Waals surface area (Å²) in [6.45, 7) is 2.98. The molecule has 2 N–H and O–H groups in total. The predicted octanol–water partition coefficient (Wildman–Crippen LogP) is 3.20. The summed E-state index contributed by atoms with van der Waals surface area (Å²) in [4.78, 5) is 16.8. The number of carbonyl (C=O) groups excluding carboxylic acids is 1. The van der Waals surface area contributed by atoms with Crippen LogP contribution in [0.2, 0.25) is 0 Å². The normalized spacial score (nSPS) is 16.3. The summed E-state index contributed by atoms with van der Waals surface area (Å²) in [5.74, 6) is 0.766.